The van der Waals surface area contributed by atoms with Crippen LogP contribution in [0.5, 0.6) is 5.75 Å². The van der Waals surface area contributed by atoms with E-state index in [1.54, 1.807) is 24.0 Å². The van der Waals surface area contributed by atoms with Crippen LogP contribution in [0.1, 0.15) is 45.1 Å². The Morgan fingerprint density at radius 3 is 2.58 bits per heavy atom. The van der Waals surface area contributed by atoms with E-state index in [0.29, 0.717) is 12.5 Å². The Kier molecular flexibility index (Phi) is 5.60. The van der Waals surface area contributed by atoms with Gasteiger partial charge in [-0.25, -0.2) is 4.99 Å². The summed E-state index contributed by atoms with van der Waals surface area (Å²) in [5.74, 6) is 0.820. The summed E-state index contributed by atoms with van der Waals surface area (Å²) in [5.41, 5.74) is 8.22. The van der Waals surface area contributed by atoms with Crippen LogP contribution >= 0.6 is 0 Å². The van der Waals surface area contributed by atoms with E-state index in [1.165, 1.54) is 0 Å². The third kappa shape index (κ3) is 4.09. The lowest BCUT2D eigenvalue weighted by molar-refractivity contribution is -0.132. The summed E-state index contributed by atoms with van der Waals surface area (Å²) < 4.78 is 0. The molecule has 1 unspecified atom stereocenters. The van der Waals surface area contributed by atoms with Gasteiger partial charge in [0.05, 0.1) is 0 Å². The maximum Gasteiger partial charge on any atom is 0.261 e. The first kappa shape index (κ1) is 21.2. The van der Waals surface area contributed by atoms with Crippen LogP contribution in [0.2, 0.25) is 0 Å². The molecule has 1 aliphatic carbocycles. The average molecular weight is 423 g/mol. The summed E-state index contributed by atoms with van der Waals surface area (Å²) in [5, 5.41) is 9.56. The van der Waals surface area contributed by atoms with Crippen molar-refractivity contribution < 1.29 is 14.7 Å². The van der Waals surface area contributed by atoms with Gasteiger partial charge in [0.1, 0.15) is 5.75 Å². The Hall–Kier alpha value is -3.09. The van der Waals surface area contributed by atoms with Gasteiger partial charge in [0.15, 0.2) is 11.5 Å². The van der Waals surface area contributed by atoms with Gasteiger partial charge in [-0.15, -0.1) is 0 Å². The highest BCUT2D eigenvalue weighted by atomic mass is 16.3. The molecule has 1 saturated heterocycles. The molecule has 7 heteroatoms. The van der Waals surface area contributed by atoms with Crippen molar-refractivity contribution in [3.8, 4) is 5.75 Å². The van der Waals surface area contributed by atoms with Crippen LogP contribution in [0.4, 0.5) is 0 Å². The van der Waals surface area contributed by atoms with E-state index in [4.69, 9.17) is 5.73 Å². The zero-order valence-electron chi connectivity index (χ0n) is 18.2. The molecule has 3 N–H and O–H groups in total. The van der Waals surface area contributed by atoms with E-state index in [0.717, 1.165) is 55.5 Å². The van der Waals surface area contributed by atoms with Gasteiger partial charge < -0.3 is 15.7 Å². The van der Waals surface area contributed by atoms with Crippen LogP contribution in [0.15, 0.2) is 47.0 Å². The summed E-state index contributed by atoms with van der Waals surface area (Å²) in [7, 11) is 0. The molecule has 1 fully saturated rings. The van der Waals surface area contributed by atoms with Gasteiger partial charge in [0, 0.05) is 26.6 Å². The Morgan fingerprint density at radius 1 is 1.26 bits per heavy atom. The minimum atomic E-state index is -1.02. The molecule has 1 atom stereocenters. The molecular weight excluding hydrogens is 392 g/mol. The first-order chi connectivity index (χ1) is 14.8. The minimum absolute atomic E-state index is 0.0894. The summed E-state index contributed by atoms with van der Waals surface area (Å²) in [4.78, 5) is 33.1. The molecule has 2 heterocycles. The van der Waals surface area contributed by atoms with E-state index >= 15 is 0 Å². The Morgan fingerprint density at radius 2 is 1.94 bits per heavy atom. The molecule has 0 bridgehead atoms. The number of amides is 2. The van der Waals surface area contributed by atoms with E-state index < -0.39 is 5.54 Å². The predicted octanol–water partition coefficient (Wildman–Crippen LogP) is 2.67. The van der Waals surface area contributed by atoms with Crippen molar-refractivity contribution in [3.63, 3.8) is 0 Å². The molecule has 3 aliphatic rings. The number of rotatable bonds is 4. The second-order valence-corrected chi connectivity index (χ2v) is 8.82. The molecule has 1 aromatic rings. The summed E-state index contributed by atoms with van der Waals surface area (Å²) in [6, 6.07) is 7.12. The third-order valence-corrected chi connectivity index (χ3v) is 6.68. The summed E-state index contributed by atoms with van der Waals surface area (Å²) >= 11 is 0. The number of phenols is 1. The number of nitrogens with two attached hydrogens (primary N) is 1. The number of benzene rings is 1. The highest BCUT2D eigenvalue weighted by Gasteiger charge is 2.47. The lowest BCUT2D eigenvalue weighted by Crippen LogP contribution is -2.47. The second-order valence-electron chi connectivity index (χ2n) is 8.82. The second kappa shape index (κ2) is 8.21. The van der Waals surface area contributed by atoms with Crippen molar-refractivity contribution in [2.24, 2.45) is 16.6 Å². The molecule has 0 aromatic heterocycles. The van der Waals surface area contributed by atoms with Crippen molar-refractivity contribution in [1.29, 1.82) is 0 Å². The number of guanidine groups is 1. The highest BCUT2D eigenvalue weighted by Crippen LogP contribution is 2.37. The number of aliphatic imine (C=N–C) groups is 1. The van der Waals surface area contributed by atoms with E-state index in [9.17, 15) is 14.7 Å². The number of phenolic OH excluding ortho intramolecular Hbond substituents is 1. The highest BCUT2D eigenvalue weighted by molar-refractivity contribution is 6.09. The van der Waals surface area contributed by atoms with Crippen molar-refractivity contribution in [2.45, 2.75) is 45.1 Å². The fourth-order valence-electron chi connectivity index (χ4n) is 4.70. The van der Waals surface area contributed by atoms with Crippen LogP contribution in [-0.4, -0.2) is 57.9 Å². The molecule has 0 saturated carbocycles. The van der Waals surface area contributed by atoms with Crippen LogP contribution in [0.3, 0.4) is 0 Å². The van der Waals surface area contributed by atoms with Crippen LogP contribution in [0.25, 0.3) is 5.57 Å². The van der Waals surface area contributed by atoms with E-state index in [1.807, 2.05) is 30.0 Å². The SMILES string of the molecule is CC(=O)N1CCC(CN2C(=O)C(C)(C3=CCCC(c4ccc(O)cc4)=C3)N=C2N)CC1. The number of allylic oxidation sites excluding steroid dienone is 2. The van der Waals surface area contributed by atoms with Crippen molar-refractivity contribution in [3.05, 3.63) is 47.6 Å². The van der Waals surface area contributed by atoms with Crippen LogP contribution in [-0.2, 0) is 9.59 Å². The zero-order valence-corrected chi connectivity index (χ0v) is 18.2. The molecule has 4 rings (SSSR count). The van der Waals surface area contributed by atoms with Gasteiger partial charge in [-0.3, -0.25) is 14.5 Å². The van der Waals surface area contributed by atoms with Gasteiger partial charge in [0.2, 0.25) is 5.91 Å². The number of carbonyl (C=O) groups is 2. The average Bonchev–Trinajstić information content (AvgIpc) is 2.99. The Labute approximate surface area is 182 Å². The van der Waals surface area contributed by atoms with Crippen molar-refractivity contribution >= 4 is 23.3 Å². The van der Waals surface area contributed by atoms with Gasteiger partial charge in [-0.1, -0.05) is 24.3 Å². The predicted molar refractivity (Wildman–Crippen MR) is 120 cm³/mol. The maximum atomic E-state index is 13.4. The standard InChI is InChI=1S/C24H30N4O3/c1-16(29)27-12-10-17(11-13-27)15-28-22(31)24(2,26-23(28)25)20-5-3-4-19(14-20)18-6-8-21(30)9-7-18/h5-9,14,17,30H,3-4,10-13,15H2,1-2H3,(H2,25,26). The van der Waals surface area contributed by atoms with E-state index in [2.05, 4.69) is 11.1 Å². The molecule has 0 spiro atoms. The minimum Gasteiger partial charge on any atom is -0.508 e. The number of piperidine rings is 1. The quantitative estimate of drug-likeness (QED) is 0.779. The smallest absolute Gasteiger partial charge is 0.261 e. The molecular formula is C24H30N4O3. The number of carbonyl (C=O) groups excluding carboxylic acids is 2. The molecule has 31 heavy (non-hydrogen) atoms. The Bertz CT molecular complexity index is 971. The maximum absolute atomic E-state index is 13.4. The first-order valence-electron chi connectivity index (χ1n) is 10.9. The summed E-state index contributed by atoms with van der Waals surface area (Å²) in [6.45, 7) is 5.42. The summed E-state index contributed by atoms with van der Waals surface area (Å²) in [6.07, 6.45) is 7.54. The zero-order chi connectivity index (χ0) is 22.2. The third-order valence-electron chi connectivity index (χ3n) is 6.68. The topological polar surface area (TPSA) is 99.2 Å². The van der Waals surface area contributed by atoms with Gasteiger partial charge in [-0.05, 0) is 67.4 Å². The largest absolute Gasteiger partial charge is 0.508 e. The number of likely N-dealkylation sites (tertiary alicyclic amines) is 1. The van der Waals surface area contributed by atoms with Gasteiger partial charge in [0.25, 0.3) is 5.91 Å². The molecule has 0 radical (unpaired) electrons. The fraction of sp³-hybridized carbons (Fsp3) is 0.458. The van der Waals surface area contributed by atoms with Crippen molar-refractivity contribution in [1.82, 2.24) is 9.80 Å². The number of hydrogen-bond donors (Lipinski definition) is 2. The molecule has 164 valence electrons. The first-order valence-corrected chi connectivity index (χ1v) is 10.9. The van der Waals surface area contributed by atoms with Gasteiger partial charge >= 0.3 is 0 Å². The molecule has 2 aliphatic heterocycles. The fourth-order valence-corrected chi connectivity index (χ4v) is 4.70. The molecule has 1 aromatic carbocycles. The number of nitrogens with zero attached hydrogens (tertiary/aromatic N) is 3. The van der Waals surface area contributed by atoms with Crippen molar-refractivity contribution in [2.75, 3.05) is 19.6 Å². The molecule has 2 amide bonds. The lowest BCUT2D eigenvalue weighted by Gasteiger charge is -2.33. The lowest BCUT2D eigenvalue weighted by atomic mass is 9.83. The Balaban J connectivity index is 1.49. The van der Waals surface area contributed by atoms with Gasteiger partial charge in [-0.2, -0.15) is 0 Å². The van der Waals surface area contributed by atoms with E-state index in [-0.39, 0.29) is 23.5 Å². The molecule has 7 nitrogen and oxygen atoms in total. The van der Waals surface area contributed by atoms with Crippen LogP contribution < -0.4 is 5.73 Å². The van der Waals surface area contributed by atoms with Crippen LogP contribution in [0, 0.1) is 5.92 Å². The normalized spacial score (nSPS) is 24.7. The monoisotopic (exact) mass is 422 g/mol. The number of hydrogen-bond acceptors (Lipinski definition) is 5. The number of aromatic hydroxyl groups is 1.